The minimum atomic E-state index is -3.77. The van der Waals surface area contributed by atoms with Gasteiger partial charge in [-0.2, -0.15) is 0 Å². The molecule has 1 fully saturated rings. The van der Waals surface area contributed by atoms with E-state index in [0.717, 1.165) is 0 Å². The Bertz CT molecular complexity index is 736. The summed E-state index contributed by atoms with van der Waals surface area (Å²) in [5.74, 6) is -1.27. The van der Waals surface area contributed by atoms with Gasteiger partial charge in [-0.25, -0.2) is 26.4 Å². The van der Waals surface area contributed by atoms with E-state index in [2.05, 4.69) is 4.72 Å². The number of hydrogen-bond donors (Lipinski definition) is 2. The molecular weight excluding hydrogens is 318 g/mol. The smallest absolute Gasteiger partial charge is 0.335 e. The number of aromatic carboxylic acids is 1. The number of carboxylic acid groups (broad SMARTS) is 1. The molecule has 0 spiro atoms. The second kappa shape index (κ2) is 5.74. The Labute approximate surface area is 123 Å². The molecule has 1 heterocycles. The van der Waals surface area contributed by atoms with E-state index in [1.54, 1.807) is 0 Å². The third-order valence-electron chi connectivity index (χ3n) is 3.30. The van der Waals surface area contributed by atoms with Crippen LogP contribution in [0.1, 0.15) is 16.8 Å². The number of rotatable bonds is 5. The summed E-state index contributed by atoms with van der Waals surface area (Å²) in [5.41, 5.74) is -0.00386. The lowest BCUT2D eigenvalue weighted by atomic mass is 10.1. The van der Waals surface area contributed by atoms with Crippen molar-refractivity contribution in [2.24, 2.45) is 5.92 Å². The van der Waals surface area contributed by atoms with Crippen LogP contribution in [0, 0.1) is 5.92 Å². The van der Waals surface area contributed by atoms with Crippen LogP contribution in [0.2, 0.25) is 0 Å². The highest BCUT2D eigenvalue weighted by molar-refractivity contribution is 7.91. The zero-order valence-corrected chi connectivity index (χ0v) is 12.7. The number of carboxylic acids is 1. The molecule has 0 unspecified atom stereocenters. The normalized spacial score (nSPS) is 21.2. The van der Waals surface area contributed by atoms with E-state index in [0.29, 0.717) is 6.42 Å². The maximum atomic E-state index is 12.0. The first kappa shape index (κ1) is 15.9. The van der Waals surface area contributed by atoms with Gasteiger partial charge in [0.1, 0.15) is 0 Å². The van der Waals surface area contributed by atoms with Gasteiger partial charge in [0.25, 0.3) is 0 Å². The first-order valence-corrected chi connectivity index (χ1v) is 9.53. The number of nitrogens with one attached hydrogen (secondary N) is 1. The first-order valence-electron chi connectivity index (χ1n) is 6.23. The van der Waals surface area contributed by atoms with Crippen molar-refractivity contribution >= 4 is 25.8 Å². The van der Waals surface area contributed by atoms with Crippen molar-refractivity contribution in [3.63, 3.8) is 0 Å². The van der Waals surface area contributed by atoms with Crippen LogP contribution >= 0.6 is 0 Å². The van der Waals surface area contributed by atoms with Crippen molar-refractivity contribution in [1.82, 2.24) is 4.72 Å². The van der Waals surface area contributed by atoms with Gasteiger partial charge >= 0.3 is 5.97 Å². The maximum Gasteiger partial charge on any atom is 0.335 e. The molecule has 0 aliphatic carbocycles. The highest BCUT2D eigenvalue weighted by atomic mass is 32.2. The van der Waals surface area contributed by atoms with Crippen molar-refractivity contribution in [1.29, 1.82) is 0 Å². The quantitative estimate of drug-likeness (QED) is 0.789. The van der Waals surface area contributed by atoms with Gasteiger partial charge in [0.15, 0.2) is 9.84 Å². The lowest BCUT2D eigenvalue weighted by Crippen LogP contribution is -2.30. The monoisotopic (exact) mass is 333 g/mol. The summed E-state index contributed by atoms with van der Waals surface area (Å²) in [6, 6.07) is 4.82. The molecule has 1 saturated heterocycles. The molecule has 0 saturated carbocycles. The van der Waals surface area contributed by atoms with Crippen LogP contribution in [0.5, 0.6) is 0 Å². The summed E-state index contributed by atoms with van der Waals surface area (Å²) in [5, 5.41) is 8.75. The maximum absolute atomic E-state index is 12.0. The fourth-order valence-corrected chi connectivity index (χ4v) is 5.10. The van der Waals surface area contributed by atoms with Crippen molar-refractivity contribution in [3.05, 3.63) is 29.8 Å². The molecule has 1 aromatic rings. The molecule has 0 radical (unpaired) electrons. The largest absolute Gasteiger partial charge is 0.478 e. The molecule has 0 amide bonds. The molecule has 7 nitrogen and oxygen atoms in total. The molecular formula is C12H15NO6S2. The molecule has 1 aliphatic heterocycles. The molecule has 0 bridgehead atoms. The third-order valence-corrected chi connectivity index (χ3v) is 6.58. The van der Waals surface area contributed by atoms with Crippen LogP contribution < -0.4 is 4.72 Å². The summed E-state index contributed by atoms with van der Waals surface area (Å²) >= 11 is 0. The Morgan fingerprint density at radius 1 is 1.29 bits per heavy atom. The van der Waals surface area contributed by atoms with E-state index in [9.17, 15) is 21.6 Å². The zero-order valence-electron chi connectivity index (χ0n) is 11.0. The molecule has 0 aromatic heterocycles. The van der Waals surface area contributed by atoms with Crippen LogP contribution in [0.3, 0.4) is 0 Å². The number of sulfonamides is 1. The van der Waals surface area contributed by atoms with Gasteiger partial charge in [-0.1, -0.05) is 0 Å². The summed E-state index contributed by atoms with van der Waals surface area (Å²) in [7, 11) is -6.81. The Hall–Kier alpha value is -1.45. The fraction of sp³-hybridized carbons (Fsp3) is 0.417. The zero-order chi connectivity index (χ0) is 15.7. The van der Waals surface area contributed by atoms with Gasteiger partial charge in [0.2, 0.25) is 10.0 Å². The average Bonchev–Trinajstić information content (AvgIpc) is 2.76. The second-order valence-corrected chi connectivity index (χ2v) is 8.95. The number of hydrogen-bond acceptors (Lipinski definition) is 5. The van der Waals surface area contributed by atoms with Crippen molar-refractivity contribution in [2.75, 3.05) is 18.1 Å². The predicted octanol–water partition coefficient (Wildman–Crippen LogP) is 0.0978. The Kier molecular flexibility index (Phi) is 4.35. The summed E-state index contributed by atoms with van der Waals surface area (Å²) in [6.45, 7) is 0.0578. The molecule has 1 aromatic carbocycles. The molecule has 2 N–H and O–H groups in total. The highest BCUT2D eigenvalue weighted by Gasteiger charge is 2.29. The van der Waals surface area contributed by atoms with Gasteiger partial charge < -0.3 is 5.11 Å². The number of sulfone groups is 1. The van der Waals surface area contributed by atoms with Crippen molar-refractivity contribution in [3.8, 4) is 0 Å². The second-order valence-electron chi connectivity index (χ2n) is 4.95. The molecule has 21 heavy (non-hydrogen) atoms. The Balaban J connectivity index is 2.03. The summed E-state index contributed by atoms with van der Waals surface area (Å²) in [4.78, 5) is 10.7. The highest BCUT2D eigenvalue weighted by Crippen LogP contribution is 2.18. The summed E-state index contributed by atoms with van der Waals surface area (Å²) in [6.07, 6.45) is 0.447. The van der Waals surface area contributed by atoms with Gasteiger partial charge in [-0.3, -0.25) is 0 Å². The Morgan fingerprint density at radius 3 is 2.38 bits per heavy atom. The first-order chi connectivity index (χ1) is 9.70. The van der Waals surface area contributed by atoms with Crippen LogP contribution in [0.25, 0.3) is 0 Å². The van der Waals surface area contributed by atoms with E-state index >= 15 is 0 Å². The van der Waals surface area contributed by atoms with Gasteiger partial charge in [0.05, 0.1) is 22.0 Å². The molecule has 9 heteroatoms. The van der Waals surface area contributed by atoms with Gasteiger partial charge in [-0.05, 0) is 36.6 Å². The third kappa shape index (κ3) is 4.02. The minimum absolute atomic E-state index is 0.00386. The van der Waals surface area contributed by atoms with Crippen LogP contribution in [0.4, 0.5) is 0 Å². The lowest BCUT2D eigenvalue weighted by Gasteiger charge is -2.10. The van der Waals surface area contributed by atoms with E-state index in [-0.39, 0.29) is 34.4 Å². The number of carbonyl (C=O) groups is 1. The van der Waals surface area contributed by atoms with Crippen molar-refractivity contribution in [2.45, 2.75) is 11.3 Å². The SMILES string of the molecule is O=C(O)c1ccc(S(=O)(=O)NC[C@H]2CCS(=O)(=O)C2)cc1. The molecule has 1 atom stereocenters. The van der Waals surface area contributed by atoms with Crippen LogP contribution in [-0.2, 0) is 19.9 Å². The summed E-state index contributed by atoms with van der Waals surface area (Å²) < 4.78 is 49.0. The Morgan fingerprint density at radius 2 is 1.90 bits per heavy atom. The predicted molar refractivity (Wildman–Crippen MR) is 75.4 cm³/mol. The fourth-order valence-electron chi connectivity index (χ4n) is 2.12. The molecule has 1 aliphatic rings. The molecule has 116 valence electrons. The van der Waals surface area contributed by atoms with Gasteiger partial charge in [0, 0.05) is 6.54 Å². The topological polar surface area (TPSA) is 118 Å². The van der Waals surface area contributed by atoms with E-state index in [4.69, 9.17) is 5.11 Å². The lowest BCUT2D eigenvalue weighted by molar-refractivity contribution is 0.0696. The average molecular weight is 333 g/mol. The van der Waals surface area contributed by atoms with E-state index in [1.165, 1.54) is 24.3 Å². The van der Waals surface area contributed by atoms with Crippen LogP contribution in [-0.4, -0.2) is 46.0 Å². The number of benzene rings is 1. The van der Waals surface area contributed by atoms with Crippen LogP contribution in [0.15, 0.2) is 29.2 Å². The molecule has 2 rings (SSSR count). The van der Waals surface area contributed by atoms with E-state index in [1.807, 2.05) is 0 Å². The standard InChI is InChI=1S/C12H15NO6S2/c14-12(15)10-1-3-11(4-2-10)21(18,19)13-7-9-5-6-20(16,17)8-9/h1-4,9,13H,5-8H2,(H,14,15)/t9-/m1/s1. The van der Waals surface area contributed by atoms with Crippen molar-refractivity contribution < 1.29 is 26.7 Å². The van der Waals surface area contributed by atoms with E-state index < -0.39 is 25.8 Å². The minimum Gasteiger partial charge on any atom is -0.478 e. The van der Waals surface area contributed by atoms with Gasteiger partial charge in [-0.15, -0.1) is 0 Å².